The molecular formula is C17H20ClN5S. The summed E-state index contributed by atoms with van der Waals surface area (Å²) in [6, 6.07) is 4.23. The highest BCUT2D eigenvalue weighted by Gasteiger charge is 2.32. The van der Waals surface area contributed by atoms with E-state index in [0.717, 1.165) is 48.3 Å². The van der Waals surface area contributed by atoms with Crippen molar-refractivity contribution >= 4 is 22.9 Å². The molecule has 5 nitrogen and oxygen atoms in total. The number of nitrogens with one attached hydrogen (secondary N) is 1. The van der Waals surface area contributed by atoms with E-state index in [9.17, 15) is 0 Å². The van der Waals surface area contributed by atoms with Gasteiger partial charge in [0.05, 0.1) is 28.9 Å². The van der Waals surface area contributed by atoms with E-state index >= 15 is 0 Å². The first-order valence-electron chi connectivity index (χ1n) is 8.27. The summed E-state index contributed by atoms with van der Waals surface area (Å²) in [5.74, 6) is 1.11. The SMILES string of the molecule is CCCn1ccnc1CN1CCc2[nH]cnc2C1c1ccc(Cl)s1. The molecule has 0 saturated heterocycles. The largest absolute Gasteiger partial charge is 0.348 e. The normalized spacial score (nSPS) is 18.0. The van der Waals surface area contributed by atoms with Crippen molar-refractivity contribution in [3.8, 4) is 0 Å². The van der Waals surface area contributed by atoms with Crippen molar-refractivity contribution in [3.05, 3.63) is 57.3 Å². The van der Waals surface area contributed by atoms with Gasteiger partial charge in [0.2, 0.25) is 0 Å². The lowest BCUT2D eigenvalue weighted by atomic mass is 10.0. The Bertz CT molecular complexity index is 820. The highest BCUT2D eigenvalue weighted by Crippen LogP contribution is 2.38. The number of aromatic nitrogens is 4. The van der Waals surface area contributed by atoms with Crippen LogP contribution in [-0.2, 0) is 19.5 Å². The standard InChI is InChI=1S/C17H20ClN5S/c1-2-7-22-9-6-19-15(22)10-23-8-5-12-16(21-11-20-12)17(23)13-3-4-14(18)24-13/h3-4,6,9,11,17H,2,5,7-8,10H2,1H3,(H,20,21). The van der Waals surface area contributed by atoms with E-state index < -0.39 is 0 Å². The van der Waals surface area contributed by atoms with Crippen LogP contribution in [-0.4, -0.2) is 31.0 Å². The van der Waals surface area contributed by atoms with Crippen LogP contribution in [0.3, 0.4) is 0 Å². The highest BCUT2D eigenvalue weighted by molar-refractivity contribution is 7.16. The van der Waals surface area contributed by atoms with Gasteiger partial charge in [0.15, 0.2) is 0 Å². The summed E-state index contributed by atoms with van der Waals surface area (Å²) in [6.07, 6.45) is 7.86. The maximum absolute atomic E-state index is 6.19. The van der Waals surface area contributed by atoms with Crippen LogP contribution in [0.15, 0.2) is 30.9 Å². The van der Waals surface area contributed by atoms with Gasteiger partial charge in [-0.2, -0.15) is 0 Å². The van der Waals surface area contributed by atoms with E-state index in [0.29, 0.717) is 0 Å². The zero-order chi connectivity index (χ0) is 16.5. The van der Waals surface area contributed by atoms with Crippen LogP contribution in [0.5, 0.6) is 0 Å². The van der Waals surface area contributed by atoms with Gasteiger partial charge in [-0.3, -0.25) is 4.90 Å². The number of hydrogen-bond donors (Lipinski definition) is 1. The van der Waals surface area contributed by atoms with E-state index in [2.05, 4.69) is 43.6 Å². The number of aromatic amines is 1. The molecule has 24 heavy (non-hydrogen) atoms. The van der Waals surface area contributed by atoms with Gasteiger partial charge in [0, 0.05) is 42.5 Å². The van der Waals surface area contributed by atoms with Gasteiger partial charge < -0.3 is 9.55 Å². The molecule has 3 aromatic heterocycles. The van der Waals surface area contributed by atoms with Crippen molar-refractivity contribution < 1.29 is 0 Å². The van der Waals surface area contributed by atoms with Gasteiger partial charge in [-0.1, -0.05) is 18.5 Å². The summed E-state index contributed by atoms with van der Waals surface area (Å²) in [7, 11) is 0. The summed E-state index contributed by atoms with van der Waals surface area (Å²) in [4.78, 5) is 16.2. The van der Waals surface area contributed by atoms with Gasteiger partial charge in [-0.15, -0.1) is 11.3 Å². The topological polar surface area (TPSA) is 49.7 Å². The fourth-order valence-electron chi connectivity index (χ4n) is 3.40. The maximum Gasteiger partial charge on any atom is 0.122 e. The van der Waals surface area contributed by atoms with Crippen LogP contribution in [0, 0.1) is 0 Å². The number of halogens is 1. The first-order valence-corrected chi connectivity index (χ1v) is 9.47. The molecule has 4 heterocycles. The van der Waals surface area contributed by atoms with E-state index in [4.69, 9.17) is 11.6 Å². The van der Waals surface area contributed by atoms with Gasteiger partial charge in [0.1, 0.15) is 5.82 Å². The van der Waals surface area contributed by atoms with Crippen molar-refractivity contribution in [2.75, 3.05) is 6.54 Å². The quantitative estimate of drug-likeness (QED) is 0.750. The number of nitrogens with zero attached hydrogens (tertiary/aromatic N) is 4. The van der Waals surface area contributed by atoms with Crippen LogP contribution in [0.25, 0.3) is 0 Å². The molecule has 4 rings (SSSR count). The molecule has 1 N–H and O–H groups in total. The average molecular weight is 362 g/mol. The van der Waals surface area contributed by atoms with E-state index in [1.807, 2.05) is 12.3 Å². The minimum Gasteiger partial charge on any atom is -0.348 e. The number of imidazole rings is 2. The van der Waals surface area contributed by atoms with E-state index in [1.54, 1.807) is 17.7 Å². The molecule has 0 bridgehead atoms. The second-order valence-electron chi connectivity index (χ2n) is 6.07. The van der Waals surface area contributed by atoms with E-state index in [-0.39, 0.29) is 6.04 Å². The lowest BCUT2D eigenvalue weighted by molar-refractivity contribution is 0.195. The molecule has 1 aliphatic rings. The second kappa shape index (κ2) is 6.70. The third kappa shape index (κ3) is 2.90. The average Bonchev–Trinajstić information content (AvgIpc) is 3.29. The first kappa shape index (κ1) is 15.9. The molecule has 0 spiro atoms. The first-order chi connectivity index (χ1) is 11.8. The fraction of sp³-hybridized carbons (Fsp3) is 0.412. The number of aryl methyl sites for hydroxylation is 1. The number of H-pyrrole nitrogens is 1. The zero-order valence-electron chi connectivity index (χ0n) is 13.6. The van der Waals surface area contributed by atoms with Crippen LogP contribution in [0.1, 0.15) is 41.5 Å². The number of rotatable bonds is 5. The summed E-state index contributed by atoms with van der Waals surface area (Å²) in [5.41, 5.74) is 2.35. The minimum atomic E-state index is 0.143. The Morgan fingerprint density at radius 1 is 1.38 bits per heavy atom. The molecule has 0 aliphatic carbocycles. The van der Waals surface area contributed by atoms with Crippen molar-refractivity contribution in [3.63, 3.8) is 0 Å². The van der Waals surface area contributed by atoms with Gasteiger partial charge in [0.25, 0.3) is 0 Å². The molecule has 1 aliphatic heterocycles. The van der Waals surface area contributed by atoms with Crippen LogP contribution < -0.4 is 0 Å². The zero-order valence-corrected chi connectivity index (χ0v) is 15.1. The Kier molecular flexibility index (Phi) is 4.43. The third-order valence-corrected chi connectivity index (χ3v) is 5.78. The number of fused-ring (bicyclic) bond motifs is 1. The monoisotopic (exact) mass is 361 g/mol. The molecule has 1 atom stereocenters. The summed E-state index contributed by atoms with van der Waals surface area (Å²) in [5, 5.41) is 0. The predicted molar refractivity (Wildman–Crippen MR) is 96.4 cm³/mol. The summed E-state index contributed by atoms with van der Waals surface area (Å²) in [6.45, 7) is 5.00. The van der Waals surface area contributed by atoms with Crippen LogP contribution in [0.2, 0.25) is 4.34 Å². The fourth-order valence-corrected chi connectivity index (χ4v) is 4.60. The molecule has 0 radical (unpaired) electrons. The Morgan fingerprint density at radius 2 is 2.29 bits per heavy atom. The molecule has 3 aromatic rings. The Labute approximate surface area is 150 Å². The molecular weight excluding hydrogens is 342 g/mol. The van der Waals surface area contributed by atoms with Gasteiger partial charge in [-0.05, 0) is 18.6 Å². The second-order valence-corrected chi connectivity index (χ2v) is 7.81. The highest BCUT2D eigenvalue weighted by atomic mass is 35.5. The lowest BCUT2D eigenvalue weighted by Crippen LogP contribution is -2.36. The van der Waals surface area contributed by atoms with Crippen molar-refractivity contribution in [1.82, 2.24) is 24.4 Å². The Balaban J connectivity index is 1.67. The molecule has 0 aromatic carbocycles. The molecule has 0 fully saturated rings. The number of thiophene rings is 1. The van der Waals surface area contributed by atoms with E-state index in [1.165, 1.54) is 10.6 Å². The van der Waals surface area contributed by atoms with Gasteiger partial charge in [-0.25, -0.2) is 9.97 Å². The van der Waals surface area contributed by atoms with Crippen LogP contribution >= 0.6 is 22.9 Å². The maximum atomic E-state index is 6.19. The molecule has 126 valence electrons. The van der Waals surface area contributed by atoms with Crippen molar-refractivity contribution in [2.45, 2.75) is 38.9 Å². The molecule has 7 heteroatoms. The smallest absolute Gasteiger partial charge is 0.122 e. The summed E-state index contributed by atoms with van der Waals surface area (Å²) >= 11 is 7.83. The Morgan fingerprint density at radius 3 is 3.08 bits per heavy atom. The van der Waals surface area contributed by atoms with Crippen LogP contribution in [0.4, 0.5) is 0 Å². The third-order valence-electron chi connectivity index (χ3n) is 4.50. The molecule has 0 amide bonds. The molecule has 1 unspecified atom stereocenters. The minimum absolute atomic E-state index is 0.143. The Hall–Kier alpha value is -1.63. The van der Waals surface area contributed by atoms with Crippen molar-refractivity contribution in [2.24, 2.45) is 0 Å². The lowest BCUT2D eigenvalue weighted by Gasteiger charge is -2.34. The summed E-state index contributed by atoms with van der Waals surface area (Å²) < 4.78 is 3.07. The predicted octanol–water partition coefficient (Wildman–Crippen LogP) is 3.88. The molecule has 0 saturated carbocycles. The number of hydrogen-bond acceptors (Lipinski definition) is 4. The van der Waals surface area contributed by atoms with Crippen molar-refractivity contribution in [1.29, 1.82) is 0 Å². The van der Waals surface area contributed by atoms with Gasteiger partial charge >= 0.3 is 0 Å².